The summed E-state index contributed by atoms with van der Waals surface area (Å²) in [4.78, 5) is 29.8. The average molecular weight is 305 g/mol. The number of carbonyl (C=O) groups is 2. The molecule has 2 aliphatic heterocycles. The molecule has 0 aromatic carbocycles. The second-order valence-electron chi connectivity index (χ2n) is 5.63. The lowest BCUT2D eigenvalue weighted by Gasteiger charge is -2.25. The molecule has 1 aromatic rings. The zero-order valence-corrected chi connectivity index (χ0v) is 12.5. The number of rotatable bonds is 2. The number of hydrogen-bond acceptors (Lipinski definition) is 5. The Labute approximate surface area is 128 Å². The van der Waals surface area contributed by atoms with Gasteiger partial charge in [0.15, 0.2) is 0 Å². The Bertz CT molecular complexity index is 592. The predicted octanol–water partition coefficient (Wildman–Crippen LogP) is 1.19. The first-order chi connectivity index (χ1) is 10.6. The van der Waals surface area contributed by atoms with E-state index in [1.807, 2.05) is 0 Å². The van der Waals surface area contributed by atoms with Crippen LogP contribution in [0.1, 0.15) is 29.6 Å². The van der Waals surface area contributed by atoms with Crippen molar-refractivity contribution in [1.82, 2.24) is 15.2 Å². The van der Waals surface area contributed by atoms with Crippen molar-refractivity contribution >= 4 is 12.0 Å². The average Bonchev–Trinajstić information content (AvgIpc) is 2.78. The number of ether oxygens (including phenoxy) is 2. The van der Waals surface area contributed by atoms with E-state index in [1.54, 1.807) is 23.2 Å². The van der Waals surface area contributed by atoms with Crippen molar-refractivity contribution in [3.63, 3.8) is 0 Å². The van der Waals surface area contributed by atoms with Crippen LogP contribution in [0, 0.1) is 0 Å². The first-order valence-corrected chi connectivity index (χ1v) is 7.39. The summed E-state index contributed by atoms with van der Waals surface area (Å²) in [5.74, 6) is 0.236. The fourth-order valence-electron chi connectivity index (χ4n) is 3.04. The molecule has 7 nitrogen and oxygen atoms in total. The summed E-state index contributed by atoms with van der Waals surface area (Å²) in [7, 11) is 1.50. The zero-order valence-electron chi connectivity index (χ0n) is 12.5. The third-order valence-corrected chi connectivity index (χ3v) is 4.24. The minimum atomic E-state index is -0.467. The number of alkyl carbamates (subject to hydrolysis) is 1. The quantitative estimate of drug-likeness (QED) is 0.888. The minimum absolute atomic E-state index is 0.0979. The van der Waals surface area contributed by atoms with Crippen LogP contribution in [0.4, 0.5) is 4.79 Å². The predicted molar refractivity (Wildman–Crippen MR) is 77.8 cm³/mol. The van der Waals surface area contributed by atoms with Gasteiger partial charge in [-0.25, -0.2) is 9.78 Å². The Morgan fingerprint density at radius 2 is 2.32 bits per heavy atom. The molecule has 1 aromatic heterocycles. The van der Waals surface area contributed by atoms with Crippen LogP contribution in [-0.2, 0) is 4.74 Å². The van der Waals surface area contributed by atoms with Crippen LogP contribution in [0.5, 0.6) is 5.88 Å². The molecule has 118 valence electrons. The number of amides is 2. The molecule has 0 saturated carbocycles. The smallest absolute Gasteiger partial charge is 0.407 e. The van der Waals surface area contributed by atoms with E-state index >= 15 is 0 Å². The summed E-state index contributed by atoms with van der Waals surface area (Å²) >= 11 is 0. The topological polar surface area (TPSA) is 80.8 Å². The van der Waals surface area contributed by atoms with E-state index in [4.69, 9.17) is 9.47 Å². The molecule has 1 N–H and O–H groups in total. The monoisotopic (exact) mass is 305 g/mol. The molecular formula is C15H19N3O4. The minimum Gasteiger partial charge on any atom is -0.480 e. The van der Waals surface area contributed by atoms with Crippen LogP contribution in [-0.4, -0.2) is 54.2 Å². The molecule has 1 atom stereocenters. The summed E-state index contributed by atoms with van der Waals surface area (Å²) in [6.07, 6.45) is 3.42. The molecule has 2 fully saturated rings. The molecule has 0 radical (unpaired) electrons. The maximum Gasteiger partial charge on any atom is 0.407 e. The van der Waals surface area contributed by atoms with Gasteiger partial charge in [-0.15, -0.1) is 0 Å². The van der Waals surface area contributed by atoms with Gasteiger partial charge in [0.05, 0.1) is 13.7 Å². The number of methoxy groups -OCH3 is 1. The van der Waals surface area contributed by atoms with Crippen LogP contribution in [0.15, 0.2) is 18.3 Å². The first-order valence-electron chi connectivity index (χ1n) is 7.39. The third kappa shape index (κ3) is 2.70. The van der Waals surface area contributed by atoms with Crippen LogP contribution < -0.4 is 10.1 Å². The number of nitrogens with zero attached hydrogens (tertiary/aromatic N) is 2. The maximum absolute atomic E-state index is 12.7. The second-order valence-corrected chi connectivity index (χ2v) is 5.63. The van der Waals surface area contributed by atoms with Crippen molar-refractivity contribution in [2.75, 3.05) is 26.7 Å². The zero-order chi connectivity index (χ0) is 15.6. The summed E-state index contributed by atoms with van der Waals surface area (Å²) < 4.78 is 10.6. The van der Waals surface area contributed by atoms with Gasteiger partial charge >= 0.3 is 6.09 Å². The fraction of sp³-hybridized carbons (Fsp3) is 0.533. The fourth-order valence-corrected chi connectivity index (χ4v) is 3.04. The third-order valence-electron chi connectivity index (χ3n) is 4.24. The molecule has 2 saturated heterocycles. The summed E-state index contributed by atoms with van der Waals surface area (Å²) in [6, 6.07) is 3.43. The van der Waals surface area contributed by atoms with Gasteiger partial charge in [-0.05, 0) is 25.0 Å². The van der Waals surface area contributed by atoms with Crippen molar-refractivity contribution < 1.29 is 19.1 Å². The van der Waals surface area contributed by atoms with Crippen molar-refractivity contribution in [3.05, 3.63) is 23.9 Å². The summed E-state index contributed by atoms with van der Waals surface area (Å²) in [5.41, 5.74) is -0.00649. The van der Waals surface area contributed by atoms with Gasteiger partial charge in [-0.3, -0.25) is 4.79 Å². The van der Waals surface area contributed by atoms with E-state index in [9.17, 15) is 9.59 Å². The Hall–Kier alpha value is -2.31. The molecule has 0 bridgehead atoms. The maximum atomic E-state index is 12.7. The standard InChI is InChI=1S/C15H19N3O4/c1-21-12-11(4-2-7-16-12)13(19)18-8-3-5-15(6-9-18)10-17-14(20)22-15/h2,4,7H,3,5-6,8-10H2,1H3,(H,17,20)/t15-/m1/s1. The Kier molecular flexibility index (Phi) is 3.87. The molecular weight excluding hydrogens is 286 g/mol. The number of likely N-dealkylation sites (tertiary alicyclic amines) is 1. The van der Waals surface area contributed by atoms with Gasteiger partial charge in [0.2, 0.25) is 5.88 Å². The van der Waals surface area contributed by atoms with Crippen molar-refractivity contribution in [1.29, 1.82) is 0 Å². The number of aromatic nitrogens is 1. The molecule has 2 aliphatic rings. The van der Waals surface area contributed by atoms with Crippen LogP contribution in [0.3, 0.4) is 0 Å². The SMILES string of the molecule is COc1ncccc1C(=O)N1CCC[C@@]2(CC1)CNC(=O)O2. The molecule has 3 rings (SSSR count). The Morgan fingerprint density at radius 1 is 1.45 bits per heavy atom. The number of nitrogens with one attached hydrogen (secondary N) is 1. The van der Waals surface area contributed by atoms with Crippen LogP contribution >= 0.6 is 0 Å². The number of pyridine rings is 1. The molecule has 22 heavy (non-hydrogen) atoms. The molecule has 3 heterocycles. The summed E-state index contributed by atoms with van der Waals surface area (Å²) in [6.45, 7) is 1.70. The highest BCUT2D eigenvalue weighted by Gasteiger charge is 2.42. The lowest BCUT2D eigenvalue weighted by Crippen LogP contribution is -2.36. The lowest BCUT2D eigenvalue weighted by atomic mass is 9.95. The Balaban J connectivity index is 1.73. The second kappa shape index (κ2) is 5.82. The van der Waals surface area contributed by atoms with Crippen molar-refractivity contribution in [2.24, 2.45) is 0 Å². The van der Waals surface area contributed by atoms with Gasteiger partial charge in [-0.1, -0.05) is 0 Å². The molecule has 7 heteroatoms. The van der Waals surface area contributed by atoms with Gasteiger partial charge in [0, 0.05) is 25.7 Å². The normalized spacial score (nSPS) is 24.6. The molecule has 0 aliphatic carbocycles. The van der Waals surface area contributed by atoms with E-state index in [1.165, 1.54) is 7.11 Å². The number of hydrogen-bond donors (Lipinski definition) is 1. The largest absolute Gasteiger partial charge is 0.480 e. The van der Waals surface area contributed by atoms with Crippen LogP contribution in [0.25, 0.3) is 0 Å². The van der Waals surface area contributed by atoms with Crippen LogP contribution in [0.2, 0.25) is 0 Å². The van der Waals surface area contributed by atoms with Gasteiger partial charge in [-0.2, -0.15) is 0 Å². The highest BCUT2D eigenvalue weighted by atomic mass is 16.6. The van der Waals surface area contributed by atoms with Gasteiger partial charge in [0.25, 0.3) is 5.91 Å². The lowest BCUT2D eigenvalue weighted by molar-refractivity contribution is 0.0438. The van der Waals surface area contributed by atoms with E-state index in [0.29, 0.717) is 37.5 Å². The van der Waals surface area contributed by atoms with Crippen molar-refractivity contribution in [3.8, 4) is 5.88 Å². The first kappa shape index (κ1) is 14.6. The van der Waals surface area contributed by atoms with Crippen molar-refractivity contribution in [2.45, 2.75) is 24.9 Å². The molecule has 0 unspecified atom stereocenters. The van der Waals surface area contributed by atoms with E-state index < -0.39 is 5.60 Å². The molecule has 1 spiro atoms. The highest BCUT2D eigenvalue weighted by Crippen LogP contribution is 2.30. The van der Waals surface area contributed by atoms with E-state index in [-0.39, 0.29) is 12.0 Å². The van der Waals surface area contributed by atoms with E-state index in [0.717, 1.165) is 12.8 Å². The summed E-state index contributed by atoms with van der Waals surface area (Å²) in [5, 5.41) is 2.71. The molecule has 2 amide bonds. The van der Waals surface area contributed by atoms with E-state index in [2.05, 4.69) is 10.3 Å². The highest BCUT2D eigenvalue weighted by molar-refractivity contribution is 5.96. The van der Waals surface area contributed by atoms with Gasteiger partial charge in [0.1, 0.15) is 11.2 Å². The van der Waals surface area contributed by atoms with Gasteiger partial charge < -0.3 is 19.7 Å². The Morgan fingerprint density at radius 3 is 3.05 bits per heavy atom. The number of carbonyl (C=O) groups excluding carboxylic acids is 2.